The number of carbonyl (C=O) groups is 2. The maximum absolute atomic E-state index is 12.2. The number of carboxylic acids is 1. The van der Waals surface area contributed by atoms with Gasteiger partial charge in [-0.15, -0.1) is 0 Å². The first-order valence-corrected chi connectivity index (χ1v) is 7.75. The van der Waals surface area contributed by atoms with Gasteiger partial charge in [0.25, 0.3) is 5.91 Å². The summed E-state index contributed by atoms with van der Waals surface area (Å²) >= 11 is 3.33. The van der Waals surface area contributed by atoms with Gasteiger partial charge in [-0.2, -0.15) is 0 Å². The summed E-state index contributed by atoms with van der Waals surface area (Å²) in [4.78, 5) is 24.6. The minimum absolute atomic E-state index is 0.0275. The van der Waals surface area contributed by atoms with E-state index in [1.54, 1.807) is 12.1 Å². The molecule has 6 heteroatoms. The van der Waals surface area contributed by atoms with E-state index in [4.69, 9.17) is 9.84 Å². The fraction of sp³-hybridized carbons (Fsp3) is 0.467. The Morgan fingerprint density at radius 3 is 2.67 bits per heavy atom. The number of aliphatic carboxylic acids is 1. The zero-order valence-electron chi connectivity index (χ0n) is 11.6. The molecule has 0 aromatic heterocycles. The third kappa shape index (κ3) is 4.74. The van der Waals surface area contributed by atoms with Gasteiger partial charge in [0.2, 0.25) is 0 Å². The first kappa shape index (κ1) is 15.8. The van der Waals surface area contributed by atoms with Crippen LogP contribution >= 0.6 is 15.9 Å². The molecule has 0 heterocycles. The van der Waals surface area contributed by atoms with Gasteiger partial charge in [-0.1, -0.05) is 34.8 Å². The Bertz CT molecular complexity index is 514. The van der Waals surface area contributed by atoms with Gasteiger partial charge in [-0.05, 0) is 31.0 Å². The molecule has 0 spiro atoms. The van der Waals surface area contributed by atoms with Crippen molar-refractivity contribution < 1.29 is 19.4 Å². The molecule has 1 aromatic carbocycles. The van der Waals surface area contributed by atoms with Crippen molar-refractivity contribution >= 4 is 27.8 Å². The van der Waals surface area contributed by atoms with Crippen molar-refractivity contribution in [3.05, 3.63) is 28.7 Å². The number of hydrogen-bond donors (Lipinski definition) is 1. The summed E-state index contributed by atoms with van der Waals surface area (Å²) in [5.74, 6) is -0.679. The third-order valence-corrected chi connectivity index (χ3v) is 4.04. The van der Waals surface area contributed by atoms with Crippen molar-refractivity contribution in [1.82, 2.24) is 4.90 Å². The number of carbonyl (C=O) groups excluding carboxylic acids is 1. The molecule has 2 rings (SSSR count). The summed E-state index contributed by atoms with van der Waals surface area (Å²) in [6, 6.07) is 7.24. The Kier molecular flexibility index (Phi) is 5.61. The zero-order valence-corrected chi connectivity index (χ0v) is 13.2. The van der Waals surface area contributed by atoms with Crippen molar-refractivity contribution in [2.75, 3.05) is 13.2 Å². The highest BCUT2D eigenvalue weighted by Crippen LogP contribution is 2.24. The molecule has 1 aliphatic rings. The van der Waals surface area contributed by atoms with Crippen LogP contribution in [0.5, 0.6) is 5.75 Å². The molecule has 0 bridgehead atoms. The molecule has 5 nitrogen and oxygen atoms in total. The number of amides is 1. The number of hydrogen-bond acceptors (Lipinski definition) is 3. The number of carboxylic acid groups (broad SMARTS) is 1. The monoisotopic (exact) mass is 355 g/mol. The van der Waals surface area contributed by atoms with E-state index in [0.29, 0.717) is 5.75 Å². The standard InChI is InChI=1S/C15H18BrNO4/c16-11-4-3-7-13(8-11)21-10-14(18)17(9-15(19)20)12-5-1-2-6-12/h3-4,7-8,12H,1-2,5-6,9-10H2,(H,19,20). The van der Waals surface area contributed by atoms with E-state index in [9.17, 15) is 9.59 Å². The first-order valence-electron chi connectivity index (χ1n) is 6.96. The number of ether oxygens (including phenoxy) is 1. The van der Waals surface area contributed by atoms with Gasteiger partial charge in [-0.3, -0.25) is 9.59 Å². The molecule has 0 unspecified atom stereocenters. The molecular formula is C15H18BrNO4. The van der Waals surface area contributed by atoms with Crippen molar-refractivity contribution in [3.63, 3.8) is 0 Å². The predicted octanol–water partition coefficient (Wildman–Crippen LogP) is 2.68. The van der Waals surface area contributed by atoms with Crippen LogP contribution in [0.3, 0.4) is 0 Å². The Hall–Kier alpha value is -1.56. The SMILES string of the molecule is O=C(O)CN(C(=O)COc1cccc(Br)c1)C1CCCC1. The molecule has 21 heavy (non-hydrogen) atoms. The summed E-state index contributed by atoms with van der Waals surface area (Å²) in [7, 11) is 0. The van der Waals surface area contributed by atoms with Crippen LogP contribution in [0.1, 0.15) is 25.7 Å². The molecule has 1 fully saturated rings. The van der Waals surface area contributed by atoms with Crippen molar-refractivity contribution in [1.29, 1.82) is 0 Å². The van der Waals surface area contributed by atoms with E-state index >= 15 is 0 Å². The molecule has 0 saturated heterocycles. The Morgan fingerprint density at radius 2 is 2.05 bits per heavy atom. The molecule has 1 aromatic rings. The van der Waals surface area contributed by atoms with Gasteiger partial charge >= 0.3 is 5.97 Å². The fourth-order valence-corrected chi connectivity index (χ4v) is 2.95. The quantitative estimate of drug-likeness (QED) is 0.851. The van der Waals surface area contributed by atoms with Gasteiger partial charge in [0, 0.05) is 10.5 Å². The predicted molar refractivity (Wildman–Crippen MR) is 81.2 cm³/mol. The lowest BCUT2D eigenvalue weighted by molar-refractivity contribution is -0.147. The van der Waals surface area contributed by atoms with Crippen molar-refractivity contribution in [2.45, 2.75) is 31.7 Å². The molecule has 0 radical (unpaired) electrons. The summed E-state index contributed by atoms with van der Waals surface area (Å²) < 4.78 is 6.32. The maximum atomic E-state index is 12.2. The number of halogens is 1. The molecule has 1 N–H and O–H groups in total. The highest BCUT2D eigenvalue weighted by atomic mass is 79.9. The minimum Gasteiger partial charge on any atom is -0.484 e. The molecule has 1 amide bonds. The van der Waals surface area contributed by atoms with Crippen LogP contribution in [0.2, 0.25) is 0 Å². The van der Waals surface area contributed by atoms with Crippen molar-refractivity contribution in [2.24, 2.45) is 0 Å². The maximum Gasteiger partial charge on any atom is 0.323 e. The van der Waals surface area contributed by atoms with Crippen LogP contribution in [0.25, 0.3) is 0 Å². The van der Waals surface area contributed by atoms with E-state index in [2.05, 4.69) is 15.9 Å². The minimum atomic E-state index is -0.988. The number of nitrogens with zero attached hydrogens (tertiary/aromatic N) is 1. The van der Waals surface area contributed by atoms with Crippen LogP contribution in [-0.2, 0) is 9.59 Å². The lowest BCUT2D eigenvalue weighted by Gasteiger charge is -2.27. The van der Waals surface area contributed by atoms with Crippen molar-refractivity contribution in [3.8, 4) is 5.75 Å². The number of benzene rings is 1. The molecule has 1 aliphatic carbocycles. The molecule has 114 valence electrons. The molecule has 0 aliphatic heterocycles. The van der Waals surface area contributed by atoms with E-state index in [-0.39, 0.29) is 25.1 Å². The van der Waals surface area contributed by atoms with E-state index in [1.807, 2.05) is 12.1 Å². The van der Waals surface area contributed by atoms with Gasteiger partial charge < -0.3 is 14.7 Å². The number of rotatable bonds is 6. The smallest absolute Gasteiger partial charge is 0.323 e. The molecular weight excluding hydrogens is 338 g/mol. The van der Waals surface area contributed by atoms with E-state index in [0.717, 1.165) is 30.2 Å². The second-order valence-electron chi connectivity index (χ2n) is 5.10. The summed E-state index contributed by atoms with van der Waals surface area (Å²) in [6.07, 6.45) is 3.83. The van der Waals surface area contributed by atoms with E-state index in [1.165, 1.54) is 4.90 Å². The fourth-order valence-electron chi connectivity index (χ4n) is 2.57. The Balaban J connectivity index is 1.95. The summed E-state index contributed by atoms with van der Waals surface area (Å²) in [6.45, 7) is -0.397. The van der Waals surface area contributed by atoms with Crippen LogP contribution in [0.15, 0.2) is 28.7 Å². The van der Waals surface area contributed by atoms with Crippen LogP contribution in [0.4, 0.5) is 0 Å². The highest BCUT2D eigenvalue weighted by molar-refractivity contribution is 9.10. The van der Waals surface area contributed by atoms with Crippen LogP contribution in [0, 0.1) is 0 Å². The lowest BCUT2D eigenvalue weighted by atomic mass is 10.2. The van der Waals surface area contributed by atoms with Crippen LogP contribution in [-0.4, -0.2) is 41.1 Å². The first-order chi connectivity index (χ1) is 10.1. The van der Waals surface area contributed by atoms with Gasteiger partial charge in [-0.25, -0.2) is 0 Å². The van der Waals surface area contributed by atoms with Gasteiger partial charge in [0.15, 0.2) is 6.61 Å². The normalized spacial score (nSPS) is 14.9. The average Bonchev–Trinajstić information content (AvgIpc) is 2.96. The Morgan fingerprint density at radius 1 is 1.33 bits per heavy atom. The summed E-state index contributed by atoms with van der Waals surface area (Å²) in [5.41, 5.74) is 0. The highest BCUT2D eigenvalue weighted by Gasteiger charge is 2.28. The third-order valence-electron chi connectivity index (χ3n) is 3.55. The largest absolute Gasteiger partial charge is 0.484 e. The summed E-state index contributed by atoms with van der Waals surface area (Å²) in [5, 5.41) is 8.97. The van der Waals surface area contributed by atoms with Gasteiger partial charge in [0.1, 0.15) is 12.3 Å². The van der Waals surface area contributed by atoms with Gasteiger partial charge in [0.05, 0.1) is 0 Å². The Labute approximate surface area is 132 Å². The second-order valence-corrected chi connectivity index (χ2v) is 6.02. The van der Waals surface area contributed by atoms with Crippen LogP contribution < -0.4 is 4.74 Å². The van der Waals surface area contributed by atoms with E-state index < -0.39 is 5.97 Å². The average molecular weight is 356 g/mol. The topological polar surface area (TPSA) is 66.8 Å². The molecule has 1 saturated carbocycles. The second kappa shape index (κ2) is 7.45. The zero-order chi connectivity index (χ0) is 15.2. The molecule has 0 atom stereocenters. The lowest BCUT2D eigenvalue weighted by Crippen LogP contribution is -2.44.